The molecule has 0 spiro atoms. The molecule has 73 heavy (non-hydrogen) atoms. The van der Waals surface area contributed by atoms with E-state index in [4.69, 9.17) is 13.8 Å². The van der Waals surface area contributed by atoms with Crippen LogP contribution in [-0.2, 0) is 27.9 Å². The second-order valence-electron chi connectivity index (χ2n) is 21.8. The first-order valence-electron chi connectivity index (χ1n) is 30.6. The average Bonchev–Trinajstić information content (AvgIpc) is 3.35. The third-order valence-electron chi connectivity index (χ3n) is 13.4. The maximum absolute atomic E-state index is 13.5. The van der Waals surface area contributed by atoms with Gasteiger partial charge in [-0.1, -0.05) is 230 Å². The Hall–Kier alpha value is -2.29. The number of likely N-dealkylation sites (N-methyl/N-ethyl adjacent to an activating group) is 1. The Morgan fingerprint density at radius 3 is 1.30 bits per heavy atom. The van der Waals surface area contributed by atoms with Crippen molar-refractivity contribution in [2.24, 2.45) is 0 Å². The maximum atomic E-state index is 13.5. The van der Waals surface area contributed by atoms with Gasteiger partial charge in [0.2, 0.25) is 5.91 Å². The molecular formula is C63H117N2O7P. The van der Waals surface area contributed by atoms with E-state index in [1.54, 1.807) is 0 Å². The highest BCUT2D eigenvalue weighted by molar-refractivity contribution is 7.45. The monoisotopic (exact) mass is 1040 g/mol. The molecule has 3 unspecified atom stereocenters. The molecule has 0 bridgehead atoms. The van der Waals surface area contributed by atoms with E-state index in [1.165, 1.54) is 148 Å². The molecule has 0 aliphatic carbocycles. The molecular weight excluding hydrogens is 928 g/mol. The van der Waals surface area contributed by atoms with Crippen LogP contribution in [0.15, 0.2) is 60.8 Å². The number of nitrogens with one attached hydrogen (secondary N) is 1. The van der Waals surface area contributed by atoms with Crippen LogP contribution in [0.5, 0.6) is 0 Å². The fourth-order valence-corrected chi connectivity index (χ4v) is 9.36. The van der Waals surface area contributed by atoms with Crippen molar-refractivity contribution < 1.29 is 37.3 Å². The van der Waals surface area contributed by atoms with Crippen molar-refractivity contribution in [1.29, 1.82) is 0 Å². The van der Waals surface area contributed by atoms with Gasteiger partial charge in [-0.05, 0) is 96.0 Å². The predicted octanol–water partition coefficient (Wildman–Crippen LogP) is 18.0. The van der Waals surface area contributed by atoms with E-state index >= 15 is 0 Å². The minimum Gasteiger partial charge on any atom is -0.756 e. The molecule has 0 saturated carbocycles. The number of hydrogen-bond acceptors (Lipinski definition) is 7. The topological polar surface area (TPSA) is 114 Å². The number of phosphoric ester groups is 1. The second kappa shape index (κ2) is 53.1. The maximum Gasteiger partial charge on any atom is 0.306 e. The molecule has 0 radical (unpaired) electrons. The van der Waals surface area contributed by atoms with Gasteiger partial charge in [0.25, 0.3) is 7.82 Å². The summed E-state index contributed by atoms with van der Waals surface area (Å²) in [6.07, 6.45) is 66.1. The van der Waals surface area contributed by atoms with Gasteiger partial charge in [-0.25, -0.2) is 0 Å². The second-order valence-corrected chi connectivity index (χ2v) is 23.3. The van der Waals surface area contributed by atoms with Gasteiger partial charge in [-0.3, -0.25) is 14.2 Å². The molecule has 3 atom stereocenters. The zero-order valence-electron chi connectivity index (χ0n) is 48.6. The van der Waals surface area contributed by atoms with Crippen LogP contribution in [-0.4, -0.2) is 69.4 Å². The summed E-state index contributed by atoms with van der Waals surface area (Å²) in [5, 5.41) is 3.01. The Labute approximate surface area is 451 Å². The third kappa shape index (κ3) is 54.3. The first-order chi connectivity index (χ1) is 35.4. The van der Waals surface area contributed by atoms with E-state index in [2.05, 4.69) is 74.7 Å². The Kier molecular flexibility index (Phi) is 51.5. The van der Waals surface area contributed by atoms with Crippen LogP contribution in [0, 0.1) is 0 Å². The van der Waals surface area contributed by atoms with Crippen molar-refractivity contribution in [3.8, 4) is 0 Å². The van der Waals surface area contributed by atoms with Gasteiger partial charge in [0.15, 0.2) is 0 Å². The van der Waals surface area contributed by atoms with Gasteiger partial charge in [0.05, 0.1) is 33.8 Å². The molecule has 0 rings (SSSR count). The number of hydrogen-bond donors (Lipinski definition) is 1. The molecule has 0 aromatic carbocycles. The largest absolute Gasteiger partial charge is 0.756 e. The molecule has 1 amide bonds. The number of quaternary nitrogens is 1. The van der Waals surface area contributed by atoms with Crippen molar-refractivity contribution >= 4 is 19.7 Å². The highest BCUT2D eigenvalue weighted by Gasteiger charge is 2.27. The zero-order chi connectivity index (χ0) is 53.6. The number of unbranched alkanes of at least 4 members (excludes halogenated alkanes) is 31. The number of amides is 1. The molecule has 0 aromatic rings. The molecule has 426 valence electrons. The number of phosphoric acid groups is 1. The molecule has 9 nitrogen and oxygen atoms in total. The number of allylic oxidation sites excluding steroid dienone is 9. The van der Waals surface area contributed by atoms with Crippen LogP contribution in [0.3, 0.4) is 0 Å². The highest BCUT2D eigenvalue weighted by atomic mass is 31.2. The lowest BCUT2D eigenvalue weighted by Gasteiger charge is -2.30. The van der Waals surface area contributed by atoms with Crippen LogP contribution in [0.2, 0.25) is 0 Å². The van der Waals surface area contributed by atoms with Gasteiger partial charge in [-0.2, -0.15) is 0 Å². The number of rotatable bonds is 55. The molecule has 0 fully saturated rings. The lowest BCUT2D eigenvalue weighted by atomic mass is 10.0. The fourth-order valence-electron chi connectivity index (χ4n) is 8.64. The van der Waals surface area contributed by atoms with Gasteiger partial charge in [-0.15, -0.1) is 0 Å². The number of ether oxygens (including phenoxy) is 1. The van der Waals surface area contributed by atoms with Gasteiger partial charge < -0.3 is 28.5 Å². The van der Waals surface area contributed by atoms with Crippen LogP contribution < -0.4 is 10.2 Å². The first-order valence-corrected chi connectivity index (χ1v) is 32.1. The fraction of sp³-hybridized carbons (Fsp3) is 0.810. The summed E-state index contributed by atoms with van der Waals surface area (Å²) in [7, 11) is 1.17. The molecule has 1 N–H and O–H groups in total. The molecule has 0 aliphatic heterocycles. The van der Waals surface area contributed by atoms with Crippen LogP contribution >= 0.6 is 7.82 Å². The molecule has 0 aliphatic rings. The molecule has 10 heteroatoms. The van der Waals surface area contributed by atoms with Gasteiger partial charge >= 0.3 is 5.97 Å². The summed E-state index contributed by atoms with van der Waals surface area (Å²) in [5.41, 5.74) is 0. The smallest absolute Gasteiger partial charge is 0.306 e. The summed E-state index contributed by atoms with van der Waals surface area (Å²) in [5.74, 6) is -0.564. The van der Waals surface area contributed by atoms with Crippen molar-refractivity contribution in [2.45, 2.75) is 290 Å². The lowest BCUT2D eigenvalue weighted by molar-refractivity contribution is -0.870. The number of esters is 1. The molecule has 0 saturated heterocycles. The summed E-state index contributed by atoms with van der Waals surface area (Å²) in [4.78, 5) is 39.9. The van der Waals surface area contributed by atoms with Gasteiger partial charge in [0.1, 0.15) is 19.3 Å². The number of nitrogens with zero attached hydrogens (tertiary/aromatic N) is 1. The van der Waals surface area contributed by atoms with E-state index in [0.29, 0.717) is 23.9 Å². The minimum atomic E-state index is -4.70. The normalized spacial score (nSPS) is 14.1. The SMILES string of the molecule is CCCCC/C=C\C/C=C\C/C=C\CCCCCCCCCCC(=O)OC(/C=C\CCCCCCCCCCCCC)C(COP(=O)([O-])OCC[N+](C)(C)C)NC(=O)CCCCC/C=C\CCCCCCCC. The summed E-state index contributed by atoms with van der Waals surface area (Å²) in [6.45, 7) is 6.80. The first kappa shape index (κ1) is 70.7. The van der Waals surface area contributed by atoms with E-state index in [-0.39, 0.29) is 24.9 Å². The number of carbonyl (C=O) groups is 2. The molecule has 0 heterocycles. The van der Waals surface area contributed by atoms with Crippen molar-refractivity contribution in [3.05, 3.63) is 60.8 Å². The Morgan fingerprint density at radius 2 is 0.836 bits per heavy atom. The van der Waals surface area contributed by atoms with E-state index in [0.717, 1.165) is 89.9 Å². The third-order valence-corrected chi connectivity index (χ3v) is 14.4. The quantitative estimate of drug-likeness (QED) is 0.0212. The summed E-state index contributed by atoms with van der Waals surface area (Å²) in [6, 6.07) is -0.899. The Balaban J connectivity index is 5.29. The Morgan fingerprint density at radius 1 is 0.479 bits per heavy atom. The van der Waals surface area contributed by atoms with E-state index < -0.39 is 26.6 Å². The summed E-state index contributed by atoms with van der Waals surface area (Å²) < 4.78 is 30.3. The van der Waals surface area contributed by atoms with E-state index in [9.17, 15) is 19.0 Å². The van der Waals surface area contributed by atoms with Gasteiger partial charge in [0, 0.05) is 12.8 Å². The molecule has 0 aromatic heterocycles. The zero-order valence-corrected chi connectivity index (χ0v) is 49.5. The van der Waals surface area contributed by atoms with Crippen molar-refractivity contribution in [1.82, 2.24) is 5.32 Å². The van der Waals surface area contributed by atoms with Crippen molar-refractivity contribution in [3.63, 3.8) is 0 Å². The lowest BCUT2D eigenvalue weighted by Crippen LogP contribution is -2.47. The van der Waals surface area contributed by atoms with Crippen LogP contribution in [0.1, 0.15) is 278 Å². The standard InChI is InChI=1S/C63H117N2O7P/c1-7-10-13-16-19-22-25-28-29-30-31-32-33-34-35-38-41-44-47-50-53-56-63(67)72-61(54-51-48-45-42-39-36-26-23-20-17-14-11-8-2)60(59-71-73(68,69)70-58-57-65(4,5)6)64-62(66)55-52-49-46-43-40-37-27-24-21-18-15-12-9-3/h19,22,28-29,31-32,37,40,51,54,60-61H,7-18,20-21,23-27,30,33-36,38-39,41-50,52-53,55-59H2,1-6H3,(H-,64,66,68,69)/b22-19-,29-28-,32-31-,40-37-,54-51-. The van der Waals surface area contributed by atoms with E-state index in [1.807, 2.05) is 33.3 Å². The number of carbonyl (C=O) groups excluding carboxylic acids is 2. The summed E-state index contributed by atoms with van der Waals surface area (Å²) >= 11 is 0. The Bertz CT molecular complexity index is 1440. The average molecular weight is 1050 g/mol. The minimum absolute atomic E-state index is 0.0271. The predicted molar refractivity (Wildman–Crippen MR) is 312 cm³/mol. The highest BCUT2D eigenvalue weighted by Crippen LogP contribution is 2.38. The van der Waals surface area contributed by atoms with Crippen LogP contribution in [0.25, 0.3) is 0 Å². The van der Waals surface area contributed by atoms with Crippen molar-refractivity contribution in [2.75, 3.05) is 40.9 Å². The van der Waals surface area contributed by atoms with Crippen LogP contribution in [0.4, 0.5) is 0 Å².